The van der Waals surface area contributed by atoms with E-state index in [-0.39, 0.29) is 26.2 Å². The molecule has 8 nitrogen and oxygen atoms in total. The molecule has 2 unspecified atom stereocenters. The number of allylic oxidation sites excluding steroid dienone is 12. The van der Waals surface area contributed by atoms with Gasteiger partial charge in [0.1, 0.15) is 19.3 Å². The number of hydrogen-bond acceptors (Lipinski definition) is 6. The SMILES string of the molecule is CCCC=CC=CC=CCCC=CCCC=CC=CCCC(=O)OC(COCCCCCCCCCCCCCCCC)COP(=O)(O)OCC[N+](C)(C)C. The minimum Gasteiger partial charge on any atom is -0.457 e. The van der Waals surface area contributed by atoms with Gasteiger partial charge in [0.25, 0.3) is 0 Å². The second-order valence-electron chi connectivity index (χ2n) is 15.4. The Morgan fingerprint density at radius 1 is 0.564 bits per heavy atom. The number of nitrogens with zero attached hydrogens (tertiary/aromatic N) is 1. The predicted octanol–water partition coefficient (Wildman–Crippen LogP) is 12.7. The molecule has 0 heterocycles. The fourth-order valence-electron chi connectivity index (χ4n) is 5.43. The summed E-state index contributed by atoms with van der Waals surface area (Å²) in [4.78, 5) is 22.8. The van der Waals surface area contributed by atoms with E-state index in [0.717, 1.165) is 44.9 Å². The Balaban J connectivity index is 4.39. The summed E-state index contributed by atoms with van der Waals surface area (Å²) < 4.78 is 34.9. The van der Waals surface area contributed by atoms with Gasteiger partial charge in [-0.15, -0.1) is 0 Å². The zero-order valence-corrected chi connectivity index (χ0v) is 36.8. The first kappa shape index (κ1) is 52.9. The smallest absolute Gasteiger partial charge is 0.457 e. The highest BCUT2D eigenvalue weighted by atomic mass is 31.2. The molecule has 0 aromatic carbocycles. The largest absolute Gasteiger partial charge is 0.472 e. The lowest BCUT2D eigenvalue weighted by Crippen LogP contribution is -2.37. The lowest BCUT2D eigenvalue weighted by molar-refractivity contribution is -0.870. The molecule has 318 valence electrons. The minimum absolute atomic E-state index is 0.0721. The minimum atomic E-state index is -4.30. The number of unbranched alkanes of at least 4 members (excludes halogenated alkanes) is 16. The van der Waals surface area contributed by atoms with Gasteiger partial charge in [0.15, 0.2) is 0 Å². The van der Waals surface area contributed by atoms with Crippen LogP contribution in [-0.4, -0.2) is 75.6 Å². The van der Waals surface area contributed by atoms with Crippen molar-refractivity contribution in [2.24, 2.45) is 0 Å². The van der Waals surface area contributed by atoms with Gasteiger partial charge in [0, 0.05) is 13.0 Å². The number of ether oxygens (including phenoxy) is 2. The van der Waals surface area contributed by atoms with Crippen LogP contribution in [0, 0.1) is 0 Å². The van der Waals surface area contributed by atoms with Gasteiger partial charge in [-0.25, -0.2) is 4.57 Å². The number of phosphoric acid groups is 1. The molecule has 0 aliphatic heterocycles. The summed E-state index contributed by atoms with van der Waals surface area (Å²) in [6, 6.07) is 0. The zero-order valence-electron chi connectivity index (χ0n) is 35.9. The highest BCUT2D eigenvalue weighted by Gasteiger charge is 2.26. The van der Waals surface area contributed by atoms with Gasteiger partial charge in [0.05, 0.1) is 34.4 Å². The second kappa shape index (κ2) is 38.8. The number of hydrogen-bond donors (Lipinski definition) is 1. The molecule has 0 aliphatic carbocycles. The molecule has 0 radical (unpaired) electrons. The molecule has 0 aromatic rings. The van der Waals surface area contributed by atoms with Gasteiger partial charge < -0.3 is 18.9 Å². The Morgan fingerprint density at radius 3 is 1.56 bits per heavy atom. The highest BCUT2D eigenvalue weighted by molar-refractivity contribution is 7.47. The Hall–Kier alpha value is -2.06. The first-order valence-electron chi connectivity index (χ1n) is 21.7. The quantitative estimate of drug-likeness (QED) is 0.0165. The van der Waals surface area contributed by atoms with E-state index >= 15 is 0 Å². The van der Waals surface area contributed by atoms with Crippen molar-refractivity contribution in [3.8, 4) is 0 Å². The van der Waals surface area contributed by atoms with Crippen molar-refractivity contribution in [3.63, 3.8) is 0 Å². The van der Waals surface area contributed by atoms with Gasteiger partial charge in [-0.05, 0) is 44.9 Å². The molecule has 9 heteroatoms. The average Bonchev–Trinajstić information content (AvgIpc) is 3.13. The number of rotatable bonds is 39. The molecule has 1 N–H and O–H groups in total. The van der Waals surface area contributed by atoms with Crippen LogP contribution in [0.5, 0.6) is 0 Å². The van der Waals surface area contributed by atoms with Crippen LogP contribution >= 0.6 is 7.82 Å². The Kier molecular flexibility index (Phi) is 37.3. The molecule has 0 amide bonds. The van der Waals surface area contributed by atoms with Crippen molar-refractivity contribution in [2.45, 2.75) is 161 Å². The van der Waals surface area contributed by atoms with Crippen molar-refractivity contribution in [2.75, 3.05) is 54.1 Å². The van der Waals surface area contributed by atoms with E-state index in [9.17, 15) is 14.3 Å². The molecule has 0 spiro atoms. The number of phosphoric ester groups is 1. The maximum absolute atomic E-state index is 12.6. The fraction of sp³-hybridized carbons (Fsp3) is 0.717. The number of esters is 1. The van der Waals surface area contributed by atoms with Crippen LogP contribution in [0.3, 0.4) is 0 Å². The monoisotopic (exact) mass is 793 g/mol. The lowest BCUT2D eigenvalue weighted by Gasteiger charge is -2.24. The van der Waals surface area contributed by atoms with Gasteiger partial charge in [-0.3, -0.25) is 13.8 Å². The van der Waals surface area contributed by atoms with Crippen LogP contribution in [-0.2, 0) is 27.9 Å². The molecule has 0 rings (SSSR count). The Labute approximate surface area is 338 Å². The van der Waals surface area contributed by atoms with Gasteiger partial charge in [-0.2, -0.15) is 0 Å². The lowest BCUT2D eigenvalue weighted by atomic mass is 10.0. The summed E-state index contributed by atoms with van der Waals surface area (Å²) in [5.74, 6) is -0.402. The molecule has 0 aliphatic rings. The van der Waals surface area contributed by atoms with Gasteiger partial charge in [-0.1, -0.05) is 177 Å². The van der Waals surface area contributed by atoms with E-state index in [0.29, 0.717) is 24.1 Å². The summed E-state index contributed by atoms with van der Waals surface area (Å²) in [6.07, 6.45) is 49.5. The summed E-state index contributed by atoms with van der Waals surface area (Å²) in [5, 5.41) is 0. The summed E-state index contributed by atoms with van der Waals surface area (Å²) in [7, 11) is 1.61. The molecular weight excluding hydrogens is 709 g/mol. The molecule has 0 bridgehead atoms. The van der Waals surface area contributed by atoms with Gasteiger partial charge in [0.2, 0.25) is 0 Å². The molecule has 0 saturated heterocycles. The number of carbonyl (C=O) groups excluding carboxylic acids is 1. The topological polar surface area (TPSA) is 91.3 Å². The van der Waals surface area contributed by atoms with E-state index < -0.39 is 19.9 Å². The normalized spacial score (nSPS) is 14.5. The van der Waals surface area contributed by atoms with Gasteiger partial charge >= 0.3 is 13.8 Å². The van der Waals surface area contributed by atoms with Crippen molar-refractivity contribution in [1.82, 2.24) is 0 Å². The third-order valence-electron chi connectivity index (χ3n) is 8.81. The van der Waals surface area contributed by atoms with E-state index in [2.05, 4.69) is 68.5 Å². The number of carbonyl (C=O) groups is 1. The van der Waals surface area contributed by atoms with E-state index in [1.165, 1.54) is 83.5 Å². The molecular formula is C46H83NO7P+. The van der Waals surface area contributed by atoms with Crippen molar-refractivity contribution >= 4 is 13.8 Å². The summed E-state index contributed by atoms with van der Waals surface area (Å²) in [6.45, 7) is 5.42. The van der Waals surface area contributed by atoms with Crippen LogP contribution in [0.25, 0.3) is 0 Å². The van der Waals surface area contributed by atoms with Crippen LogP contribution in [0.1, 0.15) is 155 Å². The average molecular weight is 793 g/mol. The molecule has 0 fully saturated rings. The van der Waals surface area contributed by atoms with E-state index in [4.69, 9.17) is 18.5 Å². The van der Waals surface area contributed by atoms with Crippen LogP contribution in [0.15, 0.2) is 72.9 Å². The van der Waals surface area contributed by atoms with Crippen LogP contribution in [0.2, 0.25) is 0 Å². The number of quaternary nitrogens is 1. The standard InChI is InChI=1S/C46H82NO7P/c1-6-8-10-12-14-16-18-20-22-23-24-25-26-27-29-31-33-35-37-39-46(48)54-45(44-53-55(49,50)52-42-40-47(3,4)5)43-51-41-38-36-34-32-30-28-21-19-17-15-13-11-9-7-2/h10,12,14,16,18,20,24-25,29,31,33,35,45H,6-9,11,13,15,17,19,21-23,26-28,30,32,34,36-44H2,1-5H3/p+1. The molecule has 2 atom stereocenters. The first-order valence-corrected chi connectivity index (χ1v) is 23.2. The van der Waals surface area contributed by atoms with Crippen molar-refractivity contribution in [3.05, 3.63) is 72.9 Å². The molecule has 55 heavy (non-hydrogen) atoms. The second-order valence-corrected chi connectivity index (χ2v) is 16.9. The third kappa shape index (κ3) is 42.9. The maximum atomic E-state index is 12.6. The first-order chi connectivity index (χ1) is 26.6. The van der Waals surface area contributed by atoms with Crippen LogP contribution < -0.4 is 0 Å². The predicted molar refractivity (Wildman–Crippen MR) is 233 cm³/mol. The fourth-order valence-corrected chi connectivity index (χ4v) is 6.18. The van der Waals surface area contributed by atoms with Crippen molar-refractivity contribution < 1.29 is 37.3 Å². The van der Waals surface area contributed by atoms with Crippen molar-refractivity contribution in [1.29, 1.82) is 0 Å². The number of likely N-dealkylation sites (N-methyl/N-ethyl adjacent to an activating group) is 1. The zero-order chi connectivity index (χ0) is 40.6. The highest BCUT2D eigenvalue weighted by Crippen LogP contribution is 2.43. The summed E-state index contributed by atoms with van der Waals surface area (Å²) >= 11 is 0. The molecule has 0 saturated carbocycles. The summed E-state index contributed by atoms with van der Waals surface area (Å²) in [5.41, 5.74) is 0. The van der Waals surface area contributed by atoms with E-state index in [1.54, 1.807) is 0 Å². The van der Waals surface area contributed by atoms with Crippen LogP contribution in [0.4, 0.5) is 0 Å². The Bertz CT molecular complexity index is 1110. The molecule has 0 aromatic heterocycles. The maximum Gasteiger partial charge on any atom is 0.472 e. The Morgan fingerprint density at radius 2 is 1.04 bits per heavy atom. The van der Waals surface area contributed by atoms with E-state index in [1.807, 2.05) is 39.4 Å². The third-order valence-corrected chi connectivity index (χ3v) is 9.79.